The summed E-state index contributed by atoms with van der Waals surface area (Å²) in [7, 11) is 0. The van der Waals surface area contributed by atoms with Crippen molar-refractivity contribution in [1.82, 2.24) is 10.1 Å². The van der Waals surface area contributed by atoms with Gasteiger partial charge in [0, 0.05) is 0 Å². The third-order valence-corrected chi connectivity index (χ3v) is 3.61. The Bertz CT molecular complexity index is 515. The number of nitrogens with two attached hydrogens (primary N) is 1. The van der Waals surface area contributed by atoms with E-state index in [4.69, 9.17) is 10.3 Å². The molecule has 2 aromatic rings. The molecule has 2 N–H and O–H groups in total. The number of rotatable bonds is 3. The Hall–Kier alpha value is -1.68. The zero-order chi connectivity index (χ0) is 12.4. The molecule has 1 fully saturated rings. The monoisotopic (exact) mass is 243 g/mol. The molecule has 1 aliphatic rings. The zero-order valence-electron chi connectivity index (χ0n) is 10.3. The molecule has 0 aliphatic heterocycles. The van der Waals surface area contributed by atoms with Crippen molar-refractivity contribution >= 4 is 0 Å². The normalized spacial score (nSPS) is 18.1. The maximum absolute atomic E-state index is 6.30. The molecular weight excluding hydrogens is 226 g/mol. The Kier molecular flexibility index (Phi) is 2.88. The van der Waals surface area contributed by atoms with E-state index in [0.717, 1.165) is 25.7 Å². The highest BCUT2D eigenvalue weighted by Gasteiger charge is 2.35. The first-order valence-corrected chi connectivity index (χ1v) is 6.42. The molecule has 4 nitrogen and oxygen atoms in total. The Morgan fingerprint density at radius 3 is 2.61 bits per heavy atom. The van der Waals surface area contributed by atoms with E-state index >= 15 is 0 Å². The van der Waals surface area contributed by atoms with E-state index in [1.54, 1.807) is 0 Å². The molecule has 4 heteroatoms. The Morgan fingerprint density at radius 2 is 1.89 bits per heavy atom. The van der Waals surface area contributed by atoms with Crippen LogP contribution in [0.3, 0.4) is 0 Å². The summed E-state index contributed by atoms with van der Waals surface area (Å²) < 4.78 is 5.31. The molecule has 0 atom stereocenters. The molecule has 0 unspecified atom stereocenters. The summed E-state index contributed by atoms with van der Waals surface area (Å²) in [5, 5.41) is 4.06. The van der Waals surface area contributed by atoms with E-state index in [2.05, 4.69) is 22.3 Å². The minimum atomic E-state index is -0.363. The largest absolute Gasteiger partial charge is 0.339 e. The van der Waals surface area contributed by atoms with Crippen molar-refractivity contribution in [3.63, 3.8) is 0 Å². The molecule has 94 valence electrons. The molecule has 1 aromatic heterocycles. The predicted molar refractivity (Wildman–Crippen MR) is 67.9 cm³/mol. The highest BCUT2D eigenvalue weighted by atomic mass is 16.5. The predicted octanol–water partition coefficient (Wildman–Crippen LogP) is 2.39. The topological polar surface area (TPSA) is 64.9 Å². The lowest BCUT2D eigenvalue weighted by atomic mass is 9.99. The fourth-order valence-electron chi connectivity index (χ4n) is 2.53. The molecule has 0 bridgehead atoms. The van der Waals surface area contributed by atoms with Crippen molar-refractivity contribution in [3.8, 4) is 0 Å². The standard InChI is InChI=1S/C14H17N3O/c15-14(8-4-5-9-14)13-16-12(18-17-13)10-11-6-2-1-3-7-11/h1-3,6-7H,4-5,8-10,15H2. The van der Waals surface area contributed by atoms with Gasteiger partial charge in [0.1, 0.15) is 0 Å². The lowest BCUT2D eigenvalue weighted by Gasteiger charge is -2.17. The second kappa shape index (κ2) is 4.53. The lowest BCUT2D eigenvalue weighted by molar-refractivity contribution is 0.352. The maximum Gasteiger partial charge on any atom is 0.231 e. The van der Waals surface area contributed by atoms with Crippen molar-refractivity contribution < 1.29 is 4.52 Å². The van der Waals surface area contributed by atoms with Crippen LogP contribution in [0.5, 0.6) is 0 Å². The second-order valence-electron chi connectivity index (χ2n) is 5.04. The van der Waals surface area contributed by atoms with Crippen molar-refractivity contribution in [1.29, 1.82) is 0 Å². The molecule has 3 rings (SSSR count). The van der Waals surface area contributed by atoms with E-state index < -0.39 is 0 Å². The van der Waals surface area contributed by atoms with Gasteiger partial charge in [-0.25, -0.2) is 0 Å². The van der Waals surface area contributed by atoms with Gasteiger partial charge in [0.2, 0.25) is 5.89 Å². The quantitative estimate of drug-likeness (QED) is 0.899. The summed E-state index contributed by atoms with van der Waals surface area (Å²) in [6, 6.07) is 10.1. The number of nitrogens with zero attached hydrogens (tertiary/aromatic N) is 2. The summed E-state index contributed by atoms with van der Waals surface area (Å²) >= 11 is 0. The number of benzene rings is 1. The van der Waals surface area contributed by atoms with Gasteiger partial charge in [0.25, 0.3) is 0 Å². The molecule has 1 aromatic carbocycles. The van der Waals surface area contributed by atoms with Gasteiger partial charge < -0.3 is 10.3 Å². The molecule has 18 heavy (non-hydrogen) atoms. The average molecular weight is 243 g/mol. The molecule has 0 amide bonds. The van der Waals surface area contributed by atoms with Crippen LogP contribution in [0.1, 0.15) is 43.0 Å². The highest BCUT2D eigenvalue weighted by Crippen LogP contribution is 2.34. The van der Waals surface area contributed by atoms with Gasteiger partial charge in [-0.1, -0.05) is 48.3 Å². The van der Waals surface area contributed by atoms with E-state index in [1.807, 2.05) is 18.2 Å². The van der Waals surface area contributed by atoms with Gasteiger partial charge in [-0.3, -0.25) is 0 Å². The number of hydrogen-bond acceptors (Lipinski definition) is 4. The Morgan fingerprint density at radius 1 is 1.17 bits per heavy atom. The second-order valence-corrected chi connectivity index (χ2v) is 5.04. The Balaban J connectivity index is 1.78. The molecule has 0 radical (unpaired) electrons. The van der Waals surface area contributed by atoms with E-state index in [0.29, 0.717) is 18.1 Å². The van der Waals surface area contributed by atoms with Crippen LogP contribution in [-0.2, 0) is 12.0 Å². The maximum atomic E-state index is 6.30. The third kappa shape index (κ3) is 2.16. The lowest BCUT2D eigenvalue weighted by Crippen LogP contribution is -2.34. The fourth-order valence-corrected chi connectivity index (χ4v) is 2.53. The molecule has 0 saturated heterocycles. The first-order chi connectivity index (χ1) is 8.76. The molecule has 1 aliphatic carbocycles. The van der Waals surface area contributed by atoms with Gasteiger partial charge in [0.05, 0.1) is 12.0 Å². The summed E-state index contributed by atoms with van der Waals surface area (Å²) in [5.41, 5.74) is 7.11. The van der Waals surface area contributed by atoms with Crippen molar-refractivity contribution in [2.24, 2.45) is 5.73 Å². The summed E-state index contributed by atoms with van der Waals surface area (Å²) in [6.07, 6.45) is 4.89. The fraction of sp³-hybridized carbons (Fsp3) is 0.429. The van der Waals surface area contributed by atoms with Gasteiger partial charge >= 0.3 is 0 Å². The van der Waals surface area contributed by atoms with Crippen LogP contribution in [-0.4, -0.2) is 10.1 Å². The smallest absolute Gasteiger partial charge is 0.231 e. The molecular formula is C14H17N3O. The van der Waals surface area contributed by atoms with E-state index in [-0.39, 0.29) is 5.54 Å². The summed E-state index contributed by atoms with van der Waals surface area (Å²) in [5.74, 6) is 1.32. The summed E-state index contributed by atoms with van der Waals surface area (Å²) in [4.78, 5) is 4.46. The van der Waals surface area contributed by atoms with Gasteiger partial charge in [0.15, 0.2) is 5.82 Å². The van der Waals surface area contributed by atoms with E-state index in [9.17, 15) is 0 Å². The van der Waals surface area contributed by atoms with Crippen LogP contribution in [0.15, 0.2) is 34.9 Å². The van der Waals surface area contributed by atoms with Crippen LogP contribution in [0.4, 0.5) is 0 Å². The van der Waals surface area contributed by atoms with Crippen LogP contribution in [0.25, 0.3) is 0 Å². The van der Waals surface area contributed by atoms with Crippen molar-refractivity contribution in [2.75, 3.05) is 0 Å². The van der Waals surface area contributed by atoms with Crippen molar-refractivity contribution in [2.45, 2.75) is 37.6 Å². The van der Waals surface area contributed by atoms with Crippen LogP contribution in [0.2, 0.25) is 0 Å². The highest BCUT2D eigenvalue weighted by molar-refractivity contribution is 5.18. The van der Waals surface area contributed by atoms with Crippen molar-refractivity contribution in [3.05, 3.63) is 47.6 Å². The number of aromatic nitrogens is 2. The van der Waals surface area contributed by atoms with E-state index in [1.165, 1.54) is 5.56 Å². The van der Waals surface area contributed by atoms with Crippen LogP contribution in [0, 0.1) is 0 Å². The average Bonchev–Trinajstić information content (AvgIpc) is 3.01. The molecule has 1 heterocycles. The minimum Gasteiger partial charge on any atom is -0.339 e. The van der Waals surface area contributed by atoms with Gasteiger partial charge in [-0.2, -0.15) is 4.98 Å². The first-order valence-electron chi connectivity index (χ1n) is 6.42. The molecule has 1 saturated carbocycles. The van der Waals surface area contributed by atoms with Crippen LogP contribution < -0.4 is 5.73 Å². The van der Waals surface area contributed by atoms with Gasteiger partial charge in [-0.15, -0.1) is 0 Å². The van der Waals surface area contributed by atoms with Gasteiger partial charge in [-0.05, 0) is 18.4 Å². The zero-order valence-corrected chi connectivity index (χ0v) is 10.3. The Labute approximate surface area is 106 Å². The van der Waals surface area contributed by atoms with Crippen LogP contribution >= 0.6 is 0 Å². The SMILES string of the molecule is NC1(c2noc(Cc3ccccc3)n2)CCCC1. The first kappa shape index (κ1) is 11.4. The third-order valence-electron chi connectivity index (χ3n) is 3.61. The summed E-state index contributed by atoms with van der Waals surface area (Å²) in [6.45, 7) is 0. The minimum absolute atomic E-state index is 0.363. The number of hydrogen-bond donors (Lipinski definition) is 1. The molecule has 0 spiro atoms.